The molecule has 0 aliphatic carbocycles. The third kappa shape index (κ3) is 4.08. The van der Waals surface area contributed by atoms with Gasteiger partial charge in [0.1, 0.15) is 18.7 Å². The zero-order valence-electron chi connectivity index (χ0n) is 16.6. The van der Waals surface area contributed by atoms with Gasteiger partial charge in [-0.2, -0.15) is 10.4 Å². The minimum atomic E-state index is -0.486. The Morgan fingerprint density at radius 1 is 1.06 bits per heavy atom. The Morgan fingerprint density at radius 2 is 1.94 bits per heavy atom. The average Bonchev–Trinajstić information content (AvgIpc) is 2.82. The highest BCUT2D eigenvalue weighted by Crippen LogP contribution is 2.42. The lowest BCUT2D eigenvalue weighted by molar-refractivity contribution is 0.598. The number of nitrogens with zero attached hydrogens (tertiary/aromatic N) is 7. The first-order valence-corrected chi connectivity index (χ1v) is 9.41. The van der Waals surface area contributed by atoms with E-state index in [-0.39, 0.29) is 29.4 Å². The number of anilines is 2. The number of nitriles is 1. The molecule has 4 aromatic rings. The Labute approximate surface area is 182 Å². The van der Waals surface area contributed by atoms with Gasteiger partial charge in [0.25, 0.3) is 0 Å². The third-order valence-electron chi connectivity index (χ3n) is 4.57. The molecule has 0 aliphatic heterocycles. The van der Waals surface area contributed by atoms with Crippen molar-refractivity contribution in [3.8, 4) is 28.6 Å². The van der Waals surface area contributed by atoms with Crippen LogP contribution in [0.5, 0.6) is 0 Å². The topological polar surface area (TPSA) is 152 Å². The van der Waals surface area contributed by atoms with Crippen molar-refractivity contribution in [1.82, 2.24) is 19.9 Å². The van der Waals surface area contributed by atoms with Crippen molar-refractivity contribution in [3.63, 3.8) is 0 Å². The van der Waals surface area contributed by atoms with Gasteiger partial charge in [0.15, 0.2) is 11.5 Å². The minimum absolute atomic E-state index is 0.0305. The van der Waals surface area contributed by atoms with E-state index in [0.29, 0.717) is 28.1 Å². The van der Waals surface area contributed by atoms with Crippen LogP contribution in [0.1, 0.15) is 11.3 Å². The Kier molecular flexibility index (Phi) is 5.72. The second kappa shape index (κ2) is 8.93. The van der Waals surface area contributed by atoms with E-state index in [4.69, 9.17) is 11.5 Å². The molecule has 3 heterocycles. The molecule has 0 bridgehead atoms. The zero-order chi connectivity index (χ0) is 22.5. The number of hydrogen-bond donors (Lipinski definition) is 2. The van der Waals surface area contributed by atoms with Gasteiger partial charge in [-0.05, 0) is 30.3 Å². The van der Waals surface area contributed by atoms with Gasteiger partial charge in [0.2, 0.25) is 0 Å². The van der Waals surface area contributed by atoms with E-state index in [1.54, 1.807) is 36.5 Å². The molecule has 0 spiro atoms. The summed E-state index contributed by atoms with van der Waals surface area (Å²) in [7, 11) is 0. The van der Waals surface area contributed by atoms with Crippen molar-refractivity contribution in [2.45, 2.75) is 6.54 Å². The van der Waals surface area contributed by atoms with Crippen molar-refractivity contribution >= 4 is 17.2 Å². The van der Waals surface area contributed by atoms with Crippen LogP contribution < -0.4 is 11.5 Å². The highest BCUT2D eigenvalue weighted by molar-refractivity contribution is 5.95. The normalized spacial score (nSPS) is 10.9. The van der Waals surface area contributed by atoms with E-state index in [1.165, 1.54) is 24.7 Å². The SMILES string of the molecule is N#Cc1cccc(-c2nc(N)c(N=NCc3ncccc3F)c(N)c2-c2ccncn2)c1. The molecule has 0 radical (unpaired) electrons. The number of halogens is 1. The molecule has 0 fully saturated rings. The molecule has 0 saturated heterocycles. The molecule has 0 aliphatic rings. The van der Waals surface area contributed by atoms with Crippen molar-refractivity contribution in [2.75, 3.05) is 11.5 Å². The number of nitrogens with two attached hydrogens (primary N) is 2. The van der Waals surface area contributed by atoms with Gasteiger partial charge in [-0.1, -0.05) is 12.1 Å². The third-order valence-corrected chi connectivity index (χ3v) is 4.57. The minimum Gasteiger partial charge on any atom is -0.396 e. The van der Waals surface area contributed by atoms with E-state index < -0.39 is 5.82 Å². The van der Waals surface area contributed by atoms with E-state index in [1.807, 2.05) is 0 Å². The number of hydrogen-bond acceptors (Lipinski definition) is 9. The van der Waals surface area contributed by atoms with Gasteiger partial charge >= 0.3 is 0 Å². The predicted molar refractivity (Wildman–Crippen MR) is 117 cm³/mol. The highest BCUT2D eigenvalue weighted by Gasteiger charge is 2.20. The van der Waals surface area contributed by atoms with E-state index >= 15 is 0 Å². The molecule has 0 unspecified atom stereocenters. The first-order valence-electron chi connectivity index (χ1n) is 9.41. The van der Waals surface area contributed by atoms with Crippen LogP contribution in [0.15, 0.2) is 71.4 Å². The van der Waals surface area contributed by atoms with Crippen LogP contribution in [0.2, 0.25) is 0 Å². The molecular weight excluding hydrogens is 409 g/mol. The Hall–Kier alpha value is -4.78. The van der Waals surface area contributed by atoms with Crippen LogP contribution in [0.25, 0.3) is 22.5 Å². The summed E-state index contributed by atoms with van der Waals surface area (Å²) in [5.74, 6) is -0.456. The molecule has 1 aromatic carbocycles. The molecule has 4 N–H and O–H groups in total. The molecule has 4 rings (SSSR count). The van der Waals surface area contributed by atoms with Crippen LogP contribution in [-0.2, 0) is 6.54 Å². The summed E-state index contributed by atoms with van der Waals surface area (Å²) >= 11 is 0. The summed E-state index contributed by atoms with van der Waals surface area (Å²) in [5.41, 5.74) is 15.6. The smallest absolute Gasteiger partial charge is 0.154 e. The monoisotopic (exact) mass is 425 g/mol. The van der Waals surface area contributed by atoms with Gasteiger partial charge < -0.3 is 11.5 Å². The molecule has 156 valence electrons. The summed E-state index contributed by atoms with van der Waals surface area (Å²) in [6.45, 7) is -0.0969. The summed E-state index contributed by atoms with van der Waals surface area (Å²) < 4.78 is 13.8. The Bertz CT molecular complexity index is 1350. The molecule has 0 atom stereocenters. The maximum absolute atomic E-state index is 13.8. The summed E-state index contributed by atoms with van der Waals surface area (Å²) in [4.78, 5) is 16.6. The van der Waals surface area contributed by atoms with E-state index in [0.717, 1.165) is 0 Å². The summed E-state index contributed by atoms with van der Waals surface area (Å²) in [6.07, 6.45) is 4.42. The Morgan fingerprint density at radius 3 is 2.69 bits per heavy atom. The van der Waals surface area contributed by atoms with Gasteiger partial charge in [-0.3, -0.25) is 4.98 Å². The molecule has 9 nitrogen and oxygen atoms in total. The van der Waals surface area contributed by atoms with Crippen molar-refractivity contribution < 1.29 is 4.39 Å². The van der Waals surface area contributed by atoms with Crippen LogP contribution >= 0.6 is 0 Å². The lowest BCUT2D eigenvalue weighted by Gasteiger charge is -2.15. The molecule has 0 saturated carbocycles. The van der Waals surface area contributed by atoms with Gasteiger partial charge in [0.05, 0.1) is 40.0 Å². The van der Waals surface area contributed by atoms with Crippen LogP contribution in [0.4, 0.5) is 21.6 Å². The quantitative estimate of drug-likeness (QED) is 0.457. The van der Waals surface area contributed by atoms with Crippen molar-refractivity contribution in [2.24, 2.45) is 10.2 Å². The van der Waals surface area contributed by atoms with Crippen LogP contribution in [-0.4, -0.2) is 19.9 Å². The number of aromatic nitrogens is 4. The van der Waals surface area contributed by atoms with Crippen molar-refractivity contribution in [3.05, 3.63) is 78.3 Å². The first kappa shape index (κ1) is 20.5. The molecule has 0 amide bonds. The number of azo groups is 1. The second-order valence-corrected chi connectivity index (χ2v) is 6.60. The highest BCUT2D eigenvalue weighted by atomic mass is 19.1. The van der Waals surface area contributed by atoms with Gasteiger partial charge in [-0.15, -0.1) is 5.11 Å². The fourth-order valence-electron chi connectivity index (χ4n) is 3.07. The first-order chi connectivity index (χ1) is 15.6. The lowest BCUT2D eigenvalue weighted by atomic mass is 9.99. The van der Waals surface area contributed by atoms with Crippen LogP contribution in [0, 0.1) is 17.1 Å². The standard InChI is InChI=1S/C22H16FN9/c23-15-5-2-7-28-17(15)11-30-32-21-19(25)18(16-6-8-27-12-29-16)20(31-22(21)26)14-4-1-3-13(9-14)10-24/h1-9,12H,11H2,(H4,25,26,31). The zero-order valence-corrected chi connectivity index (χ0v) is 16.6. The van der Waals surface area contributed by atoms with E-state index in [2.05, 4.69) is 36.2 Å². The molecular formula is C22H16FN9. The number of pyridine rings is 2. The number of nitrogen functional groups attached to an aromatic ring is 2. The lowest BCUT2D eigenvalue weighted by Crippen LogP contribution is -2.03. The predicted octanol–water partition coefficient (Wildman–Crippen LogP) is 4.06. The summed E-state index contributed by atoms with van der Waals surface area (Å²) in [5, 5.41) is 17.4. The average molecular weight is 425 g/mol. The maximum atomic E-state index is 13.8. The molecule has 3 aromatic heterocycles. The van der Waals surface area contributed by atoms with Crippen molar-refractivity contribution in [1.29, 1.82) is 5.26 Å². The van der Waals surface area contributed by atoms with Gasteiger partial charge in [0, 0.05) is 18.0 Å². The number of benzene rings is 1. The molecule has 32 heavy (non-hydrogen) atoms. The summed E-state index contributed by atoms with van der Waals surface area (Å²) in [6, 6.07) is 13.4. The Balaban J connectivity index is 1.84. The number of rotatable bonds is 5. The fraction of sp³-hybridized carbons (Fsp3) is 0.0455. The maximum Gasteiger partial charge on any atom is 0.154 e. The van der Waals surface area contributed by atoms with Gasteiger partial charge in [-0.25, -0.2) is 19.3 Å². The molecule has 10 heteroatoms. The van der Waals surface area contributed by atoms with Crippen LogP contribution in [0.3, 0.4) is 0 Å². The fourth-order valence-corrected chi connectivity index (χ4v) is 3.07. The largest absolute Gasteiger partial charge is 0.396 e. The second-order valence-electron chi connectivity index (χ2n) is 6.60. The van der Waals surface area contributed by atoms with E-state index in [9.17, 15) is 9.65 Å².